The van der Waals surface area contributed by atoms with E-state index in [2.05, 4.69) is 9.71 Å². The van der Waals surface area contributed by atoms with Crippen LogP contribution < -0.4 is 10.5 Å². The molecule has 4 N–H and O–H groups in total. The van der Waals surface area contributed by atoms with Crippen molar-refractivity contribution in [3.8, 4) is 0 Å². The van der Waals surface area contributed by atoms with Crippen LogP contribution in [0.5, 0.6) is 0 Å². The summed E-state index contributed by atoms with van der Waals surface area (Å²) in [6, 6.07) is 2.91. The van der Waals surface area contributed by atoms with Crippen molar-refractivity contribution >= 4 is 21.7 Å². The monoisotopic (exact) mass is 259 g/mol. The number of pyridine rings is 1. The van der Waals surface area contributed by atoms with Gasteiger partial charge >= 0.3 is 5.97 Å². The largest absolute Gasteiger partial charge is 0.481 e. The fourth-order valence-electron chi connectivity index (χ4n) is 1.02. The number of aliphatic carboxylic acids is 1. The normalized spacial score (nSPS) is 13.2. The molecule has 0 radical (unpaired) electrons. The lowest BCUT2D eigenvalue weighted by Crippen LogP contribution is -2.32. The molecule has 7 nitrogen and oxygen atoms in total. The first-order chi connectivity index (χ1) is 7.84. The quantitative estimate of drug-likeness (QED) is 0.665. The van der Waals surface area contributed by atoms with Crippen molar-refractivity contribution in [1.29, 1.82) is 0 Å². The molecule has 0 saturated carbocycles. The summed E-state index contributed by atoms with van der Waals surface area (Å²) in [4.78, 5) is 14.2. The molecule has 1 atom stereocenters. The van der Waals surface area contributed by atoms with Gasteiger partial charge in [0.05, 0.1) is 11.6 Å². The third-order valence-corrected chi connectivity index (χ3v) is 3.45. The molecule has 0 saturated heterocycles. The van der Waals surface area contributed by atoms with Gasteiger partial charge in [-0.1, -0.05) is 6.92 Å². The molecule has 0 spiro atoms. The highest BCUT2D eigenvalue weighted by atomic mass is 32.2. The average Bonchev–Trinajstić information content (AvgIpc) is 2.26. The maximum Gasteiger partial charge on any atom is 0.307 e. The number of carboxylic acid groups (broad SMARTS) is 1. The molecule has 0 aliphatic heterocycles. The van der Waals surface area contributed by atoms with Crippen LogP contribution >= 0.6 is 0 Å². The van der Waals surface area contributed by atoms with E-state index in [9.17, 15) is 13.2 Å². The fourth-order valence-corrected chi connectivity index (χ4v) is 2.20. The highest BCUT2D eigenvalue weighted by Crippen LogP contribution is 2.13. The van der Waals surface area contributed by atoms with Gasteiger partial charge in [-0.15, -0.1) is 0 Å². The molecule has 0 bridgehead atoms. The van der Waals surface area contributed by atoms with Crippen LogP contribution in [0.2, 0.25) is 0 Å². The van der Waals surface area contributed by atoms with E-state index in [4.69, 9.17) is 10.8 Å². The van der Waals surface area contributed by atoms with Gasteiger partial charge in [-0.05, 0) is 12.1 Å². The lowest BCUT2D eigenvalue weighted by atomic mass is 10.2. The molecule has 0 fully saturated rings. The zero-order valence-electron chi connectivity index (χ0n) is 9.12. The van der Waals surface area contributed by atoms with Crippen LogP contribution in [0.4, 0.5) is 5.69 Å². The number of rotatable bonds is 5. The summed E-state index contributed by atoms with van der Waals surface area (Å²) in [6.07, 6.45) is 1.30. The first-order valence-electron chi connectivity index (χ1n) is 4.77. The second-order valence-corrected chi connectivity index (χ2v) is 5.17. The molecule has 1 aromatic rings. The van der Waals surface area contributed by atoms with E-state index in [1.807, 2.05) is 0 Å². The fraction of sp³-hybridized carbons (Fsp3) is 0.333. The number of carboxylic acids is 1. The summed E-state index contributed by atoms with van der Waals surface area (Å²) in [5.74, 6) is -1.91. The smallest absolute Gasteiger partial charge is 0.307 e. The highest BCUT2D eigenvalue weighted by Gasteiger charge is 2.21. The topological polar surface area (TPSA) is 122 Å². The molecule has 1 unspecified atom stereocenters. The molecule has 0 amide bonds. The van der Waals surface area contributed by atoms with E-state index < -0.39 is 21.9 Å². The van der Waals surface area contributed by atoms with Crippen LogP contribution in [-0.2, 0) is 14.8 Å². The first kappa shape index (κ1) is 13.4. The van der Waals surface area contributed by atoms with Gasteiger partial charge in [-0.25, -0.2) is 18.1 Å². The van der Waals surface area contributed by atoms with Crippen LogP contribution in [0.1, 0.15) is 6.92 Å². The van der Waals surface area contributed by atoms with Gasteiger partial charge in [-0.2, -0.15) is 0 Å². The number of nitrogen functional groups attached to an aromatic ring is 1. The van der Waals surface area contributed by atoms with Crippen LogP contribution in [0.15, 0.2) is 23.4 Å². The van der Waals surface area contributed by atoms with Gasteiger partial charge in [0, 0.05) is 12.7 Å². The highest BCUT2D eigenvalue weighted by molar-refractivity contribution is 7.89. The standard InChI is InChI=1S/C9H13N3O4S/c1-6(9(13)14)5-12-17(15,16)8-7(10)3-2-4-11-8/h2-4,6,12H,5,10H2,1H3,(H,13,14). The van der Waals surface area contributed by atoms with Gasteiger partial charge in [0.2, 0.25) is 0 Å². The van der Waals surface area contributed by atoms with Gasteiger partial charge in [0.1, 0.15) is 0 Å². The van der Waals surface area contributed by atoms with Crippen molar-refractivity contribution in [3.63, 3.8) is 0 Å². The van der Waals surface area contributed by atoms with Crippen LogP contribution in [0.3, 0.4) is 0 Å². The van der Waals surface area contributed by atoms with Crippen LogP contribution in [0.25, 0.3) is 0 Å². The van der Waals surface area contributed by atoms with E-state index >= 15 is 0 Å². The molecule has 1 aromatic heterocycles. The number of nitrogens with one attached hydrogen (secondary N) is 1. The van der Waals surface area contributed by atoms with Gasteiger partial charge in [-0.3, -0.25) is 4.79 Å². The number of sulfonamides is 1. The van der Waals surface area contributed by atoms with Crippen LogP contribution in [-0.4, -0.2) is 31.0 Å². The van der Waals surface area contributed by atoms with E-state index in [0.717, 1.165) is 0 Å². The van der Waals surface area contributed by atoms with Crippen molar-refractivity contribution < 1.29 is 18.3 Å². The molecular weight excluding hydrogens is 246 g/mol. The minimum atomic E-state index is -3.87. The summed E-state index contributed by atoms with van der Waals surface area (Å²) in [5, 5.41) is 8.33. The Hall–Kier alpha value is -1.67. The Labute approximate surface area is 98.7 Å². The minimum absolute atomic E-state index is 0.0166. The predicted molar refractivity (Wildman–Crippen MR) is 60.6 cm³/mol. The average molecular weight is 259 g/mol. The summed E-state index contributed by atoms with van der Waals surface area (Å²) in [6.45, 7) is 1.18. The SMILES string of the molecule is CC(CNS(=O)(=O)c1ncccc1N)C(=O)O. The Morgan fingerprint density at radius 3 is 2.82 bits per heavy atom. The van der Waals surface area contributed by atoms with Crippen molar-refractivity contribution in [2.75, 3.05) is 12.3 Å². The Morgan fingerprint density at radius 2 is 2.29 bits per heavy atom. The van der Waals surface area contributed by atoms with Crippen molar-refractivity contribution in [2.24, 2.45) is 5.92 Å². The molecule has 0 aliphatic rings. The van der Waals surface area contributed by atoms with Crippen molar-refractivity contribution in [3.05, 3.63) is 18.3 Å². The minimum Gasteiger partial charge on any atom is -0.481 e. The molecule has 0 aromatic carbocycles. The van der Waals surface area contributed by atoms with E-state index in [1.165, 1.54) is 25.3 Å². The lowest BCUT2D eigenvalue weighted by Gasteiger charge is -2.09. The van der Waals surface area contributed by atoms with E-state index in [0.29, 0.717) is 0 Å². The maximum absolute atomic E-state index is 11.7. The molecular formula is C9H13N3O4S. The van der Waals surface area contributed by atoms with Gasteiger partial charge in [0.15, 0.2) is 5.03 Å². The summed E-state index contributed by atoms with van der Waals surface area (Å²) in [7, 11) is -3.87. The van der Waals surface area contributed by atoms with E-state index in [-0.39, 0.29) is 17.3 Å². The number of nitrogens with two attached hydrogens (primary N) is 1. The maximum atomic E-state index is 11.7. The van der Waals surface area contributed by atoms with Crippen LogP contribution in [0, 0.1) is 5.92 Å². The second-order valence-electron chi connectivity index (χ2n) is 3.49. The molecule has 17 heavy (non-hydrogen) atoms. The summed E-state index contributed by atoms with van der Waals surface area (Å²) >= 11 is 0. The number of anilines is 1. The molecule has 94 valence electrons. The molecule has 1 rings (SSSR count). The number of carbonyl (C=O) groups is 1. The van der Waals surface area contributed by atoms with Crippen molar-refractivity contribution in [1.82, 2.24) is 9.71 Å². The number of hydrogen-bond acceptors (Lipinski definition) is 5. The summed E-state index contributed by atoms with van der Waals surface area (Å²) < 4.78 is 25.6. The van der Waals surface area contributed by atoms with Crippen molar-refractivity contribution in [2.45, 2.75) is 11.9 Å². The second kappa shape index (κ2) is 5.11. The first-order valence-corrected chi connectivity index (χ1v) is 6.26. The Bertz CT molecular complexity index is 515. The Balaban J connectivity index is 2.84. The molecule has 0 aliphatic carbocycles. The third kappa shape index (κ3) is 3.40. The Morgan fingerprint density at radius 1 is 1.65 bits per heavy atom. The number of hydrogen-bond donors (Lipinski definition) is 3. The van der Waals surface area contributed by atoms with Gasteiger partial charge < -0.3 is 10.8 Å². The number of aromatic nitrogens is 1. The van der Waals surface area contributed by atoms with E-state index in [1.54, 1.807) is 0 Å². The Kier molecular flexibility index (Phi) is 4.02. The third-order valence-electron chi connectivity index (χ3n) is 2.06. The zero-order chi connectivity index (χ0) is 13.1. The number of nitrogens with zero attached hydrogens (tertiary/aromatic N) is 1. The van der Waals surface area contributed by atoms with Gasteiger partial charge in [0.25, 0.3) is 10.0 Å². The summed E-state index contributed by atoms with van der Waals surface area (Å²) in [5.41, 5.74) is 5.49. The predicted octanol–water partition coefficient (Wildman–Crippen LogP) is -0.337. The molecule has 8 heteroatoms. The molecule has 1 heterocycles. The lowest BCUT2D eigenvalue weighted by molar-refractivity contribution is -0.140. The zero-order valence-corrected chi connectivity index (χ0v) is 9.94.